The van der Waals surface area contributed by atoms with Crippen LogP contribution >= 0.6 is 0 Å². The summed E-state index contributed by atoms with van der Waals surface area (Å²) in [5.41, 5.74) is 7.64. The van der Waals surface area contributed by atoms with Crippen LogP contribution in [-0.2, 0) is 20.7 Å². The predicted molar refractivity (Wildman–Crippen MR) is 157 cm³/mol. The Balaban J connectivity index is 1.40. The van der Waals surface area contributed by atoms with E-state index >= 15 is 0 Å². The van der Waals surface area contributed by atoms with Gasteiger partial charge in [-0.25, -0.2) is 0 Å². The van der Waals surface area contributed by atoms with Crippen molar-refractivity contribution in [3.63, 3.8) is 0 Å². The maximum absolute atomic E-state index is 13.2. The minimum Gasteiger partial charge on any atom is -0.440 e. The summed E-state index contributed by atoms with van der Waals surface area (Å²) in [6.45, 7) is 4.45. The summed E-state index contributed by atoms with van der Waals surface area (Å²) in [5, 5.41) is 6.92. The summed E-state index contributed by atoms with van der Waals surface area (Å²) in [5.74, 6) is 0.520. The summed E-state index contributed by atoms with van der Waals surface area (Å²) in [7, 11) is 1.66. The van der Waals surface area contributed by atoms with Crippen molar-refractivity contribution in [2.24, 2.45) is 0 Å². The Morgan fingerprint density at radius 2 is 1.80 bits per heavy atom. The summed E-state index contributed by atoms with van der Waals surface area (Å²) >= 11 is 0. The topological polar surface area (TPSA) is 93.0 Å². The molecular weight excluding hydrogens is 506 g/mol. The molecular formula is C32H33N3O5. The third kappa shape index (κ3) is 5.13. The van der Waals surface area contributed by atoms with Crippen molar-refractivity contribution in [1.82, 2.24) is 5.32 Å². The van der Waals surface area contributed by atoms with Gasteiger partial charge in [-0.05, 0) is 40.8 Å². The van der Waals surface area contributed by atoms with E-state index in [0.29, 0.717) is 69.3 Å². The highest BCUT2D eigenvalue weighted by atomic mass is 16.5. The number of ether oxygens (including phenoxy) is 2. The van der Waals surface area contributed by atoms with Crippen LogP contribution in [-0.4, -0.2) is 59.0 Å². The number of morpholine rings is 1. The van der Waals surface area contributed by atoms with Crippen molar-refractivity contribution >= 4 is 28.4 Å². The Hall–Kier alpha value is -3.98. The van der Waals surface area contributed by atoms with Crippen LogP contribution in [0.1, 0.15) is 17.5 Å². The van der Waals surface area contributed by atoms with Gasteiger partial charge in [-0.3, -0.25) is 9.59 Å². The minimum absolute atomic E-state index is 0.0458. The first-order valence-corrected chi connectivity index (χ1v) is 13.8. The van der Waals surface area contributed by atoms with Crippen LogP contribution in [0.25, 0.3) is 33.2 Å². The number of anilines is 2. The molecule has 8 heteroatoms. The zero-order chi connectivity index (χ0) is 27.5. The van der Waals surface area contributed by atoms with E-state index in [9.17, 15) is 9.59 Å². The Kier molecular flexibility index (Phi) is 7.64. The summed E-state index contributed by atoms with van der Waals surface area (Å²) < 4.78 is 17.0. The van der Waals surface area contributed by atoms with Gasteiger partial charge >= 0.3 is 0 Å². The van der Waals surface area contributed by atoms with E-state index in [1.807, 2.05) is 42.5 Å². The smallest absolute Gasteiger partial charge is 0.225 e. The van der Waals surface area contributed by atoms with Crippen LogP contribution in [0.2, 0.25) is 0 Å². The second-order valence-electron chi connectivity index (χ2n) is 10.1. The minimum atomic E-state index is -0.0625. The highest BCUT2D eigenvalue weighted by Crippen LogP contribution is 2.47. The predicted octanol–water partition coefficient (Wildman–Crippen LogP) is 4.43. The first-order valence-electron chi connectivity index (χ1n) is 13.8. The molecule has 1 amide bonds. The molecule has 1 aliphatic heterocycles. The van der Waals surface area contributed by atoms with Gasteiger partial charge in [0, 0.05) is 62.6 Å². The molecule has 206 valence electrons. The van der Waals surface area contributed by atoms with Gasteiger partial charge in [0.25, 0.3) is 0 Å². The van der Waals surface area contributed by atoms with Gasteiger partial charge in [0.15, 0.2) is 11.3 Å². The average Bonchev–Trinajstić information content (AvgIpc) is 3.38. The molecule has 0 bridgehead atoms. The second-order valence-corrected chi connectivity index (χ2v) is 10.1. The molecule has 1 aromatic heterocycles. The molecule has 6 rings (SSSR count). The number of benzene rings is 3. The molecule has 1 aliphatic carbocycles. The fourth-order valence-electron chi connectivity index (χ4n) is 5.63. The maximum atomic E-state index is 13.2. The van der Waals surface area contributed by atoms with Crippen LogP contribution < -0.4 is 21.0 Å². The summed E-state index contributed by atoms with van der Waals surface area (Å²) in [6.07, 6.45) is 1.09. The number of carbonyl (C=O) groups excluding carboxylic acids is 1. The van der Waals surface area contributed by atoms with E-state index in [-0.39, 0.29) is 11.3 Å². The van der Waals surface area contributed by atoms with Gasteiger partial charge in [0.2, 0.25) is 5.91 Å². The third-order valence-electron chi connectivity index (χ3n) is 7.61. The molecule has 3 aromatic carbocycles. The molecule has 0 spiro atoms. The van der Waals surface area contributed by atoms with Gasteiger partial charge in [0.1, 0.15) is 5.58 Å². The van der Waals surface area contributed by atoms with E-state index in [1.54, 1.807) is 13.2 Å². The Bertz CT molecular complexity index is 1610. The highest BCUT2D eigenvalue weighted by Gasteiger charge is 2.27. The molecule has 2 heterocycles. The van der Waals surface area contributed by atoms with Gasteiger partial charge in [0.05, 0.1) is 25.2 Å². The lowest BCUT2D eigenvalue weighted by molar-refractivity contribution is -0.116. The lowest BCUT2D eigenvalue weighted by atomic mass is 9.93. The Labute approximate surface area is 232 Å². The van der Waals surface area contributed by atoms with Crippen LogP contribution in [0.3, 0.4) is 0 Å². The average molecular weight is 540 g/mol. The van der Waals surface area contributed by atoms with E-state index in [4.69, 9.17) is 13.9 Å². The normalized spacial score (nSPS) is 14.3. The largest absolute Gasteiger partial charge is 0.440 e. The number of hydrogen-bond donors (Lipinski definition) is 2. The van der Waals surface area contributed by atoms with E-state index in [2.05, 4.69) is 27.7 Å². The zero-order valence-corrected chi connectivity index (χ0v) is 22.6. The highest BCUT2D eigenvalue weighted by molar-refractivity contribution is 6.02. The standard InChI is InChI=1S/C32H33N3O5/c1-38-16-13-33-12-11-29(37)34-27-10-9-23(26-19-21-5-2-3-6-22(21)31(26)27)24-7-4-8-25-28(36)20-30(40-32(24)25)35-14-17-39-18-15-35/h2-10,20,33H,11-19H2,1H3,(H,34,37). The van der Waals surface area contributed by atoms with Gasteiger partial charge in [-0.15, -0.1) is 0 Å². The van der Waals surface area contributed by atoms with Crippen molar-refractivity contribution in [2.45, 2.75) is 12.8 Å². The molecule has 40 heavy (non-hydrogen) atoms. The molecule has 0 unspecified atom stereocenters. The molecule has 8 nitrogen and oxygen atoms in total. The molecule has 4 aromatic rings. The van der Waals surface area contributed by atoms with Gasteiger partial charge < -0.3 is 29.4 Å². The van der Waals surface area contributed by atoms with Crippen molar-refractivity contribution in [3.8, 4) is 22.3 Å². The van der Waals surface area contributed by atoms with Crippen LogP contribution in [0.15, 0.2) is 69.9 Å². The monoisotopic (exact) mass is 539 g/mol. The van der Waals surface area contributed by atoms with Crippen molar-refractivity contribution < 1.29 is 18.7 Å². The second kappa shape index (κ2) is 11.6. The molecule has 2 aliphatic rings. The van der Waals surface area contributed by atoms with Crippen LogP contribution in [0.5, 0.6) is 0 Å². The number of carbonyl (C=O) groups is 1. The molecule has 0 atom stereocenters. The first-order chi connectivity index (χ1) is 19.6. The Morgan fingerprint density at radius 1 is 0.975 bits per heavy atom. The quantitative estimate of drug-likeness (QED) is 0.268. The molecule has 0 saturated carbocycles. The lowest BCUT2D eigenvalue weighted by Crippen LogP contribution is -2.36. The van der Waals surface area contributed by atoms with Crippen molar-refractivity contribution in [1.29, 1.82) is 0 Å². The van der Waals surface area contributed by atoms with E-state index < -0.39 is 0 Å². The van der Waals surface area contributed by atoms with E-state index in [0.717, 1.165) is 39.9 Å². The zero-order valence-electron chi connectivity index (χ0n) is 22.6. The molecule has 2 N–H and O–H groups in total. The summed E-state index contributed by atoms with van der Waals surface area (Å²) in [4.78, 5) is 28.1. The fraction of sp³-hybridized carbons (Fsp3) is 0.312. The van der Waals surface area contributed by atoms with Crippen molar-refractivity contribution in [3.05, 3.63) is 82.0 Å². The number of rotatable bonds is 9. The number of nitrogens with one attached hydrogen (secondary N) is 2. The number of nitrogens with zero attached hydrogens (tertiary/aromatic N) is 1. The molecule has 1 saturated heterocycles. The van der Waals surface area contributed by atoms with Crippen LogP contribution in [0, 0.1) is 0 Å². The lowest BCUT2D eigenvalue weighted by Gasteiger charge is -2.27. The number of hydrogen-bond acceptors (Lipinski definition) is 7. The first kappa shape index (κ1) is 26.3. The fourth-order valence-corrected chi connectivity index (χ4v) is 5.63. The number of fused-ring (bicyclic) bond motifs is 4. The number of amides is 1. The summed E-state index contributed by atoms with van der Waals surface area (Å²) in [6, 6.07) is 19.6. The van der Waals surface area contributed by atoms with Gasteiger partial charge in [-0.2, -0.15) is 0 Å². The molecule has 0 radical (unpaired) electrons. The third-order valence-corrected chi connectivity index (χ3v) is 7.61. The van der Waals surface area contributed by atoms with E-state index in [1.165, 1.54) is 5.56 Å². The molecule has 1 fully saturated rings. The SMILES string of the molecule is COCCNCCC(=O)Nc1ccc(-c2cccc3c(=O)cc(N4CCOCC4)oc23)c2c1-c1ccccc1C2. The Morgan fingerprint density at radius 3 is 2.65 bits per heavy atom. The number of para-hydroxylation sites is 1. The number of methoxy groups -OCH3 is 1. The van der Waals surface area contributed by atoms with Gasteiger partial charge in [-0.1, -0.05) is 42.5 Å². The maximum Gasteiger partial charge on any atom is 0.225 e. The van der Waals surface area contributed by atoms with Crippen molar-refractivity contribution in [2.75, 3.05) is 63.3 Å². The van der Waals surface area contributed by atoms with Crippen LogP contribution in [0.4, 0.5) is 11.6 Å².